The first-order valence-corrected chi connectivity index (χ1v) is 5.41. The maximum absolute atomic E-state index is 6.04. The van der Waals surface area contributed by atoms with Crippen LogP contribution in [0.3, 0.4) is 0 Å². The van der Waals surface area contributed by atoms with Gasteiger partial charge in [-0.2, -0.15) is 0 Å². The number of hydrogen-bond acceptors (Lipinski definition) is 2. The summed E-state index contributed by atoms with van der Waals surface area (Å²) in [5.74, 6) is 2.35. The van der Waals surface area contributed by atoms with Crippen LogP contribution in [0.5, 0.6) is 0 Å². The molecular formula is C10H14BrNO. The summed E-state index contributed by atoms with van der Waals surface area (Å²) in [5.41, 5.74) is 5.88. The van der Waals surface area contributed by atoms with Crippen molar-refractivity contribution in [3.8, 4) is 0 Å². The lowest BCUT2D eigenvalue weighted by molar-refractivity contribution is 0.410. The van der Waals surface area contributed by atoms with E-state index in [1.807, 2.05) is 6.07 Å². The Bertz CT molecular complexity index is 326. The van der Waals surface area contributed by atoms with Crippen molar-refractivity contribution in [3.05, 3.63) is 22.1 Å². The lowest BCUT2D eigenvalue weighted by atomic mass is 10.1. The van der Waals surface area contributed by atoms with Gasteiger partial charge in [0.15, 0.2) is 0 Å². The Balaban J connectivity index is 2.35. The van der Waals surface area contributed by atoms with Crippen LogP contribution in [-0.2, 0) is 5.54 Å². The molecule has 0 aliphatic heterocycles. The third kappa shape index (κ3) is 1.55. The van der Waals surface area contributed by atoms with E-state index < -0.39 is 0 Å². The molecule has 1 aliphatic carbocycles. The first-order chi connectivity index (χ1) is 6.03. The van der Waals surface area contributed by atoms with Gasteiger partial charge in [-0.3, -0.25) is 0 Å². The average molecular weight is 244 g/mol. The van der Waals surface area contributed by atoms with E-state index in [4.69, 9.17) is 10.2 Å². The van der Waals surface area contributed by atoms with Crippen LogP contribution in [-0.4, -0.2) is 0 Å². The van der Waals surface area contributed by atoms with Crippen LogP contribution < -0.4 is 5.73 Å². The molecule has 72 valence electrons. The molecule has 2 nitrogen and oxygen atoms in total. The highest BCUT2D eigenvalue weighted by Crippen LogP contribution is 2.45. The van der Waals surface area contributed by atoms with Crippen molar-refractivity contribution in [2.75, 3.05) is 0 Å². The highest BCUT2D eigenvalue weighted by molar-refractivity contribution is 9.10. The highest BCUT2D eigenvalue weighted by Gasteiger charge is 2.43. The van der Waals surface area contributed by atoms with E-state index in [1.165, 1.54) is 0 Å². The van der Waals surface area contributed by atoms with Crippen molar-refractivity contribution in [2.24, 2.45) is 5.73 Å². The SMILES string of the molecule is CC(C)c1oc(C2(N)CC2)cc1Br. The highest BCUT2D eigenvalue weighted by atomic mass is 79.9. The summed E-state index contributed by atoms with van der Waals surface area (Å²) in [6.07, 6.45) is 2.09. The van der Waals surface area contributed by atoms with Gasteiger partial charge < -0.3 is 10.2 Å². The normalized spacial score (nSPS) is 19.5. The maximum atomic E-state index is 6.04. The molecule has 0 aromatic carbocycles. The van der Waals surface area contributed by atoms with Crippen molar-refractivity contribution < 1.29 is 4.42 Å². The zero-order chi connectivity index (χ0) is 9.64. The molecule has 0 radical (unpaired) electrons. The summed E-state index contributed by atoms with van der Waals surface area (Å²) in [7, 11) is 0. The van der Waals surface area contributed by atoms with E-state index in [0.29, 0.717) is 5.92 Å². The van der Waals surface area contributed by atoms with Gasteiger partial charge in [0.1, 0.15) is 11.5 Å². The number of hydrogen-bond donors (Lipinski definition) is 1. The molecule has 13 heavy (non-hydrogen) atoms. The zero-order valence-electron chi connectivity index (χ0n) is 7.93. The minimum Gasteiger partial charge on any atom is -0.463 e. The third-order valence-corrected chi connectivity index (χ3v) is 3.14. The fourth-order valence-corrected chi connectivity index (χ4v) is 2.15. The largest absolute Gasteiger partial charge is 0.463 e. The van der Waals surface area contributed by atoms with Gasteiger partial charge in [-0.15, -0.1) is 0 Å². The Labute approximate surface area is 86.6 Å². The molecule has 0 atom stereocenters. The minimum atomic E-state index is -0.157. The maximum Gasteiger partial charge on any atom is 0.125 e. The van der Waals surface area contributed by atoms with Crippen molar-refractivity contribution in [1.29, 1.82) is 0 Å². The van der Waals surface area contributed by atoms with Gasteiger partial charge in [-0.1, -0.05) is 13.8 Å². The first kappa shape index (κ1) is 9.28. The molecule has 1 heterocycles. The Hall–Kier alpha value is -0.280. The molecule has 3 heteroatoms. The van der Waals surface area contributed by atoms with Gasteiger partial charge >= 0.3 is 0 Å². The van der Waals surface area contributed by atoms with Crippen molar-refractivity contribution >= 4 is 15.9 Å². The van der Waals surface area contributed by atoms with E-state index in [9.17, 15) is 0 Å². The van der Waals surface area contributed by atoms with Crippen molar-refractivity contribution in [1.82, 2.24) is 0 Å². The third-order valence-electron chi connectivity index (χ3n) is 2.52. The predicted octanol–water partition coefficient (Wildman–Crippen LogP) is 3.11. The molecule has 1 fully saturated rings. The predicted molar refractivity (Wildman–Crippen MR) is 55.6 cm³/mol. The van der Waals surface area contributed by atoms with Crippen LogP contribution in [0.25, 0.3) is 0 Å². The molecule has 0 saturated heterocycles. The van der Waals surface area contributed by atoms with Crippen LogP contribution in [0.1, 0.15) is 44.1 Å². The van der Waals surface area contributed by atoms with E-state index in [-0.39, 0.29) is 5.54 Å². The molecule has 2 N–H and O–H groups in total. The van der Waals surface area contributed by atoms with Gasteiger partial charge in [0.05, 0.1) is 10.0 Å². The van der Waals surface area contributed by atoms with Gasteiger partial charge in [0, 0.05) is 5.92 Å². The molecular weight excluding hydrogens is 230 g/mol. The van der Waals surface area contributed by atoms with Gasteiger partial charge in [0.25, 0.3) is 0 Å². The lowest BCUT2D eigenvalue weighted by Gasteiger charge is -2.04. The van der Waals surface area contributed by atoms with Crippen molar-refractivity contribution in [3.63, 3.8) is 0 Å². The van der Waals surface area contributed by atoms with E-state index in [2.05, 4.69) is 29.8 Å². The summed E-state index contributed by atoms with van der Waals surface area (Å²) in [5, 5.41) is 0. The summed E-state index contributed by atoms with van der Waals surface area (Å²) >= 11 is 3.49. The topological polar surface area (TPSA) is 39.2 Å². The van der Waals surface area contributed by atoms with Crippen molar-refractivity contribution in [2.45, 2.75) is 38.1 Å². The molecule has 1 aliphatic rings. The van der Waals surface area contributed by atoms with E-state index in [0.717, 1.165) is 28.8 Å². The minimum absolute atomic E-state index is 0.157. The van der Waals surface area contributed by atoms with Gasteiger partial charge in [-0.25, -0.2) is 0 Å². The van der Waals surface area contributed by atoms with Crippen LogP contribution >= 0.6 is 15.9 Å². The molecule has 0 bridgehead atoms. The molecule has 2 rings (SSSR count). The van der Waals surface area contributed by atoms with Crippen LogP contribution in [0.15, 0.2) is 15.0 Å². The molecule has 0 amide bonds. The van der Waals surface area contributed by atoms with Crippen LogP contribution in [0.4, 0.5) is 0 Å². The second-order valence-electron chi connectivity index (χ2n) is 4.13. The number of halogens is 1. The van der Waals surface area contributed by atoms with E-state index in [1.54, 1.807) is 0 Å². The number of rotatable bonds is 2. The number of furan rings is 1. The molecule has 0 unspecified atom stereocenters. The fraction of sp³-hybridized carbons (Fsp3) is 0.600. The van der Waals surface area contributed by atoms with Gasteiger partial charge in [0.2, 0.25) is 0 Å². The smallest absolute Gasteiger partial charge is 0.125 e. The Morgan fingerprint density at radius 1 is 1.54 bits per heavy atom. The molecule has 1 saturated carbocycles. The number of nitrogens with two attached hydrogens (primary N) is 1. The van der Waals surface area contributed by atoms with Crippen LogP contribution in [0.2, 0.25) is 0 Å². The Kier molecular flexibility index (Phi) is 2.04. The Morgan fingerprint density at radius 2 is 2.15 bits per heavy atom. The summed E-state index contributed by atoms with van der Waals surface area (Å²) in [4.78, 5) is 0. The quantitative estimate of drug-likeness (QED) is 0.868. The monoisotopic (exact) mass is 243 g/mol. The molecule has 0 spiro atoms. The summed E-state index contributed by atoms with van der Waals surface area (Å²) in [6, 6.07) is 2.02. The second-order valence-corrected chi connectivity index (χ2v) is 4.99. The average Bonchev–Trinajstić information content (AvgIpc) is 2.63. The van der Waals surface area contributed by atoms with Crippen LogP contribution in [0, 0.1) is 0 Å². The first-order valence-electron chi connectivity index (χ1n) is 4.61. The fourth-order valence-electron chi connectivity index (χ4n) is 1.40. The standard InChI is InChI=1S/C10H14BrNO/c1-6(2)9-7(11)5-8(13-9)10(12)3-4-10/h5-6H,3-4,12H2,1-2H3. The summed E-state index contributed by atoms with van der Waals surface area (Å²) in [6.45, 7) is 4.23. The van der Waals surface area contributed by atoms with E-state index >= 15 is 0 Å². The second kappa shape index (κ2) is 2.85. The van der Waals surface area contributed by atoms with Gasteiger partial charge in [-0.05, 0) is 34.8 Å². The summed E-state index contributed by atoms with van der Waals surface area (Å²) < 4.78 is 6.78. The lowest BCUT2D eigenvalue weighted by Crippen LogP contribution is -2.17. The molecule has 1 aromatic heterocycles. The molecule has 1 aromatic rings. The zero-order valence-corrected chi connectivity index (χ0v) is 9.52. The Morgan fingerprint density at radius 3 is 2.54 bits per heavy atom.